The van der Waals surface area contributed by atoms with E-state index in [1.165, 1.54) is 5.56 Å². The van der Waals surface area contributed by atoms with E-state index in [9.17, 15) is 9.59 Å². The van der Waals surface area contributed by atoms with E-state index in [0.717, 1.165) is 44.5 Å². The molecule has 1 aromatic carbocycles. The second-order valence-electron chi connectivity index (χ2n) is 7.01. The normalized spacial score (nSPS) is 23.3. The molecular weight excluding hydrogens is 326 g/mol. The van der Waals surface area contributed by atoms with Crippen molar-refractivity contribution in [2.24, 2.45) is 11.3 Å². The number of fused-ring (bicyclic) bond motifs is 1. The predicted molar refractivity (Wildman–Crippen MR) is 95.4 cm³/mol. The van der Waals surface area contributed by atoms with Gasteiger partial charge in [-0.25, -0.2) is 0 Å². The van der Waals surface area contributed by atoms with Crippen molar-refractivity contribution in [3.05, 3.63) is 29.8 Å². The van der Waals surface area contributed by atoms with Crippen LogP contribution in [0.3, 0.4) is 0 Å². The average Bonchev–Trinajstić information content (AvgIpc) is 3.09. The van der Waals surface area contributed by atoms with E-state index in [2.05, 4.69) is 16.7 Å². The SMILES string of the molecule is Cl.O=C(NCC(=O)N1CCc2ccccc21)C1CC12CCNCC2. The molecule has 130 valence electrons. The van der Waals surface area contributed by atoms with Crippen molar-refractivity contribution < 1.29 is 9.59 Å². The first-order valence-corrected chi connectivity index (χ1v) is 8.56. The lowest BCUT2D eigenvalue weighted by Gasteiger charge is -2.23. The predicted octanol–water partition coefficient (Wildman–Crippen LogP) is 1.50. The van der Waals surface area contributed by atoms with E-state index < -0.39 is 0 Å². The maximum Gasteiger partial charge on any atom is 0.246 e. The molecular formula is C18H24ClN3O2. The molecule has 1 unspecified atom stereocenters. The average molecular weight is 350 g/mol. The Morgan fingerprint density at radius 1 is 1.25 bits per heavy atom. The van der Waals surface area contributed by atoms with Gasteiger partial charge in [0.15, 0.2) is 0 Å². The molecule has 4 rings (SSSR count). The Bertz CT molecular complexity index is 643. The van der Waals surface area contributed by atoms with Gasteiger partial charge in [0, 0.05) is 18.2 Å². The number of carbonyl (C=O) groups is 2. The molecule has 1 aromatic rings. The first kappa shape index (κ1) is 17.2. The summed E-state index contributed by atoms with van der Waals surface area (Å²) in [4.78, 5) is 26.6. The Morgan fingerprint density at radius 2 is 2.00 bits per heavy atom. The van der Waals surface area contributed by atoms with E-state index in [4.69, 9.17) is 0 Å². The highest BCUT2D eigenvalue weighted by Crippen LogP contribution is 2.58. The molecule has 0 bridgehead atoms. The van der Waals surface area contributed by atoms with Crippen LogP contribution in [-0.2, 0) is 16.0 Å². The number of hydrogen-bond acceptors (Lipinski definition) is 3. The van der Waals surface area contributed by atoms with Crippen molar-refractivity contribution in [3.8, 4) is 0 Å². The Hall–Kier alpha value is -1.59. The summed E-state index contributed by atoms with van der Waals surface area (Å²) in [6.07, 6.45) is 4.05. The quantitative estimate of drug-likeness (QED) is 0.869. The molecule has 2 fully saturated rings. The van der Waals surface area contributed by atoms with Crippen LogP contribution in [0.1, 0.15) is 24.8 Å². The van der Waals surface area contributed by atoms with Crippen LogP contribution in [0.25, 0.3) is 0 Å². The van der Waals surface area contributed by atoms with Gasteiger partial charge < -0.3 is 15.5 Å². The number of benzene rings is 1. The smallest absolute Gasteiger partial charge is 0.246 e. The molecule has 2 N–H and O–H groups in total. The fraction of sp³-hybridized carbons (Fsp3) is 0.556. The molecule has 5 nitrogen and oxygen atoms in total. The molecule has 1 aliphatic carbocycles. The van der Waals surface area contributed by atoms with E-state index >= 15 is 0 Å². The van der Waals surface area contributed by atoms with Crippen LogP contribution in [-0.4, -0.2) is 38.0 Å². The van der Waals surface area contributed by atoms with Gasteiger partial charge in [-0.2, -0.15) is 0 Å². The van der Waals surface area contributed by atoms with Crippen LogP contribution < -0.4 is 15.5 Å². The number of rotatable bonds is 3. The second kappa shape index (κ2) is 6.73. The maximum atomic E-state index is 12.4. The first-order valence-electron chi connectivity index (χ1n) is 8.56. The Balaban J connectivity index is 0.00000169. The molecule has 2 aliphatic heterocycles. The Labute approximate surface area is 148 Å². The highest BCUT2D eigenvalue weighted by atomic mass is 35.5. The summed E-state index contributed by atoms with van der Waals surface area (Å²) >= 11 is 0. The molecule has 3 aliphatic rings. The lowest BCUT2D eigenvalue weighted by atomic mass is 9.92. The van der Waals surface area contributed by atoms with Crippen LogP contribution in [0.5, 0.6) is 0 Å². The van der Waals surface area contributed by atoms with Gasteiger partial charge in [-0.1, -0.05) is 18.2 Å². The van der Waals surface area contributed by atoms with Gasteiger partial charge >= 0.3 is 0 Å². The number of piperidine rings is 1. The molecule has 0 radical (unpaired) electrons. The number of nitrogens with one attached hydrogen (secondary N) is 2. The minimum atomic E-state index is -0.0108. The minimum Gasteiger partial charge on any atom is -0.347 e. The van der Waals surface area contributed by atoms with Crippen molar-refractivity contribution in [1.29, 1.82) is 0 Å². The number of para-hydroxylation sites is 1. The largest absolute Gasteiger partial charge is 0.347 e. The fourth-order valence-corrected chi connectivity index (χ4v) is 4.17. The lowest BCUT2D eigenvalue weighted by molar-refractivity contribution is -0.126. The first-order chi connectivity index (χ1) is 11.2. The van der Waals surface area contributed by atoms with Crippen molar-refractivity contribution in [2.75, 3.05) is 31.1 Å². The van der Waals surface area contributed by atoms with Crippen molar-refractivity contribution >= 4 is 29.9 Å². The molecule has 1 saturated carbocycles. The molecule has 1 saturated heterocycles. The summed E-state index contributed by atoms with van der Waals surface area (Å²) < 4.78 is 0. The summed E-state index contributed by atoms with van der Waals surface area (Å²) in [5, 5.41) is 6.22. The number of nitrogens with zero attached hydrogens (tertiary/aromatic N) is 1. The van der Waals surface area contributed by atoms with Gasteiger partial charge in [-0.05, 0) is 55.8 Å². The second-order valence-corrected chi connectivity index (χ2v) is 7.01. The Morgan fingerprint density at radius 3 is 2.79 bits per heavy atom. The Kier molecular flexibility index (Phi) is 4.83. The van der Waals surface area contributed by atoms with Gasteiger partial charge in [0.2, 0.25) is 11.8 Å². The summed E-state index contributed by atoms with van der Waals surface area (Å²) in [6, 6.07) is 7.99. The zero-order valence-corrected chi connectivity index (χ0v) is 14.5. The lowest BCUT2D eigenvalue weighted by Crippen LogP contribution is -2.41. The van der Waals surface area contributed by atoms with Crippen molar-refractivity contribution in [3.63, 3.8) is 0 Å². The fourth-order valence-electron chi connectivity index (χ4n) is 4.17. The number of amides is 2. The third-order valence-corrected chi connectivity index (χ3v) is 5.71. The molecule has 6 heteroatoms. The molecule has 2 heterocycles. The van der Waals surface area contributed by atoms with E-state index in [1.54, 1.807) is 4.90 Å². The standard InChI is InChI=1S/C18H23N3O2.ClH/c22-16(21-10-5-13-3-1-2-4-15(13)21)12-20-17(23)14-11-18(14)6-8-19-9-7-18;/h1-4,14,19H,5-12H2,(H,20,23);1H. The van der Waals surface area contributed by atoms with Gasteiger partial charge in [-0.3, -0.25) is 9.59 Å². The van der Waals surface area contributed by atoms with Crippen LogP contribution in [0.2, 0.25) is 0 Å². The van der Waals surface area contributed by atoms with Crippen molar-refractivity contribution in [1.82, 2.24) is 10.6 Å². The number of anilines is 1. The summed E-state index contributed by atoms with van der Waals surface area (Å²) in [5.41, 5.74) is 2.43. The van der Waals surface area contributed by atoms with Crippen LogP contribution in [0.15, 0.2) is 24.3 Å². The van der Waals surface area contributed by atoms with Crippen LogP contribution in [0.4, 0.5) is 5.69 Å². The summed E-state index contributed by atoms with van der Waals surface area (Å²) in [7, 11) is 0. The topological polar surface area (TPSA) is 61.4 Å². The monoisotopic (exact) mass is 349 g/mol. The molecule has 1 spiro atoms. The zero-order chi connectivity index (χ0) is 15.9. The maximum absolute atomic E-state index is 12.4. The van der Waals surface area contributed by atoms with E-state index in [1.807, 2.05) is 18.2 Å². The number of halogens is 1. The number of carbonyl (C=O) groups excluding carboxylic acids is 2. The highest BCUT2D eigenvalue weighted by molar-refractivity contribution is 5.98. The van der Waals surface area contributed by atoms with Gasteiger partial charge in [0.25, 0.3) is 0 Å². The van der Waals surface area contributed by atoms with Crippen LogP contribution >= 0.6 is 12.4 Å². The summed E-state index contributed by atoms with van der Waals surface area (Å²) in [6.45, 7) is 2.84. The van der Waals surface area contributed by atoms with Crippen LogP contribution in [0, 0.1) is 11.3 Å². The third kappa shape index (κ3) is 3.03. The van der Waals surface area contributed by atoms with Gasteiger partial charge in [0.1, 0.15) is 0 Å². The molecule has 0 aromatic heterocycles. The van der Waals surface area contributed by atoms with Crippen molar-refractivity contribution in [2.45, 2.75) is 25.7 Å². The van der Waals surface area contributed by atoms with Gasteiger partial charge in [0.05, 0.1) is 6.54 Å². The van der Waals surface area contributed by atoms with E-state index in [0.29, 0.717) is 6.54 Å². The summed E-state index contributed by atoms with van der Waals surface area (Å²) in [5.74, 6) is 0.166. The number of hydrogen-bond donors (Lipinski definition) is 2. The highest BCUT2D eigenvalue weighted by Gasteiger charge is 2.57. The molecule has 24 heavy (non-hydrogen) atoms. The minimum absolute atomic E-state index is 0. The molecule has 1 atom stereocenters. The van der Waals surface area contributed by atoms with Gasteiger partial charge in [-0.15, -0.1) is 12.4 Å². The van der Waals surface area contributed by atoms with E-state index in [-0.39, 0.29) is 42.1 Å². The molecule has 2 amide bonds. The third-order valence-electron chi connectivity index (χ3n) is 5.71. The zero-order valence-electron chi connectivity index (χ0n) is 13.7.